The Kier molecular flexibility index (Phi) is 4.71. The van der Waals surface area contributed by atoms with E-state index in [0.717, 1.165) is 16.8 Å². The van der Waals surface area contributed by atoms with Gasteiger partial charge in [-0.05, 0) is 49.2 Å². The second-order valence-corrected chi connectivity index (χ2v) is 6.35. The Hall–Kier alpha value is -3.22. The molecule has 1 heterocycles. The van der Waals surface area contributed by atoms with Crippen LogP contribution in [0.5, 0.6) is 5.75 Å². The van der Waals surface area contributed by atoms with Gasteiger partial charge in [0.25, 0.3) is 5.69 Å². The van der Waals surface area contributed by atoms with Crippen molar-refractivity contribution in [2.24, 2.45) is 5.92 Å². The van der Waals surface area contributed by atoms with Gasteiger partial charge in [0.2, 0.25) is 5.91 Å². The fraction of sp³-hybridized carbons (Fsp3) is 0.263. The first-order chi connectivity index (χ1) is 12.3. The van der Waals surface area contributed by atoms with Gasteiger partial charge in [0.1, 0.15) is 5.75 Å². The number of hydrogen-bond acceptors (Lipinski definition) is 5. The first-order valence-corrected chi connectivity index (χ1v) is 8.19. The highest BCUT2D eigenvalue weighted by Gasteiger charge is 2.36. The number of amides is 1. The van der Waals surface area contributed by atoms with E-state index in [9.17, 15) is 19.7 Å². The highest BCUT2D eigenvalue weighted by Crippen LogP contribution is 2.28. The third-order valence-corrected chi connectivity index (χ3v) is 4.53. The molecule has 0 N–H and O–H groups in total. The largest absolute Gasteiger partial charge is 0.426 e. The quantitative estimate of drug-likeness (QED) is 0.364. The number of rotatable bonds is 4. The lowest BCUT2D eigenvalue weighted by atomic mass is 10.1. The van der Waals surface area contributed by atoms with Crippen LogP contribution < -0.4 is 9.64 Å². The van der Waals surface area contributed by atoms with Gasteiger partial charge in [-0.1, -0.05) is 6.07 Å². The number of aryl methyl sites for hydroxylation is 2. The molecule has 1 saturated heterocycles. The standard InChI is InChI=1S/C19H18N2O5/c1-12-3-4-16(9-13(12)2)20-11-14(10-18(20)22)19(23)26-17-7-5-15(6-8-17)21(24)25/h3-9,14H,10-11H2,1-2H3/t14-/m0/s1. The number of carbonyl (C=O) groups excluding carboxylic acids is 2. The number of non-ortho nitro benzene ring substituents is 1. The van der Waals surface area contributed by atoms with Crippen LogP contribution in [0.2, 0.25) is 0 Å². The monoisotopic (exact) mass is 354 g/mol. The van der Waals surface area contributed by atoms with Crippen molar-refractivity contribution in [2.75, 3.05) is 11.4 Å². The summed E-state index contributed by atoms with van der Waals surface area (Å²) in [7, 11) is 0. The fourth-order valence-corrected chi connectivity index (χ4v) is 2.84. The first kappa shape index (κ1) is 17.6. The van der Waals surface area contributed by atoms with E-state index >= 15 is 0 Å². The minimum atomic E-state index is -0.570. The normalized spacial score (nSPS) is 16.6. The minimum Gasteiger partial charge on any atom is -0.426 e. The van der Waals surface area contributed by atoms with Gasteiger partial charge in [-0.25, -0.2) is 0 Å². The number of nitro groups is 1. The van der Waals surface area contributed by atoms with Gasteiger partial charge in [-0.3, -0.25) is 19.7 Å². The topological polar surface area (TPSA) is 89.8 Å². The number of anilines is 1. The highest BCUT2D eigenvalue weighted by molar-refractivity contribution is 5.99. The van der Waals surface area contributed by atoms with Crippen LogP contribution in [0.3, 0.4) is 0 Å². The molecule has 0 unspecified atom stereocenters. The number of ether oxygens (including phenoxy) is 1. The summed E-state index contributed by atoms with van der Waals surface area (Å²) in [6, 6.07) is 11.0. The summed E-state index contributed by atoms with van der Waals surface area (Å²) in [6.07, 6.45) is 0.0821. The zero-order valence-electron chi connectivity index (χ0n) is 14.5. The lowest BCUT2D eigenvalue weighted by Gasteiger charge is -2.17. The average Bonchev–Trinajstić information content (AvgIpc) is 3.00. The van der Waals surface area contributed by atoms with Crippen LogP contribution in [0.1, 0.15) is 17.5 Å². The Balaban J connectivity index is 1.68. The molecule has 1 aliphatic rings. The van der Waals surface area contributed by atoms with Crippen molar-refractivity contribution in [1.82, 2.24) is 0 Å². The van der Waals surface area contributed by atoms with Gasteiger partial charge >= 0.3 is 5.97 Å². The molecule has 0 aliphatic carbocycles. The molecule has 1 atom stereocenters. The number of nitro benzene ring substituents is 1. The summed E-state index contributed by atoms with van der Waals surface area (Å²) in [5.41, 5.74) is 2.90. The summed E-state index contributed by atoms with van der Waals surface area (Å²) < 4.78 is 5.27. The molecule has 0 aromatic heterocycles. The molecule has 2 aromatic rings. The summed E-state index contributed by atoms with van der Waals surface area (Å²) in [4.78, 5) is 36.4. The van der Waals surface area contributed by atoms with Crippen LogP contribution in [0.15, 0.2) is 42.5 Å². The molecule has 0 bridgehead atoms. The van der Waals surface area contributed by atoms with Crippen molar-refractivity contribution in [3.8, 4) is 5.75 Å². The molecule has 1 amide bonds. The predicted molar refractivity (Wildman–Crippen MR) is 95.1 cm³/mol. The maximum Gasteiger partial charge on any atom is 0.316 e. The van der Waals surface area contributed by atoms with Crippen LogP contribution in [-0.4, -0.2) is 23.3 Å². The summed E-state index contributed by atoms with van der Waals surface area (Å²) in [5, 5.41) is 10.7. The molecule has 1 aliphatic heterocycles. The van der Waals surface area contributed by atoms with Gasteiger partial charge in [0.05, 0.1) is 10.8 Å². The van der Waals surface area contributed by atoms with Gasteiger partial charge < -0.3 is 9.64 Å². The van der Waals surface area contributed by atoms with Crippen molar-refractivity contribution < 1.29 is 19.2 Å². The molecule has 7 nitrogen and oxygen atoms in total. The van der Waals surface area contributed by atoms with Crippen LogP contribution in [-0.2, 0) is 9.59 Å². The molecule has 26 heavy (non-hydrogen) atoms. The Morgan fingerprint density at radius 2 is 1.85 bits per heavy atom. The second-order valence-electron chi connectivity index (χ2n) is 6.35. The number of hydrogen-bond donors (Lipinski definition) is 0. The van der Waals surface area contributed by atoms with Crippen molar-refractivity contribution in [3.63, 3.8) is 0 Å². The van der Waals surface area contributed by atoms with Crippen LogP contribution >= 0.6 is 0 Å². The smallest absolute Gasteiger partial charge is 0.316 e. The zero-order chi connectivity index (χ0) is 18.8. The Labute approximate surface area is 150 Å². The molecule has 7 heteroatoms. The average molecular weight is 354 g/mol. The van der Waals surface area contributed by atoms with Crippen molar-refractivity contribution in [2.45, 2.75) is 20.3 Å². The summed E-state index contributed by atoms with van der Waals surface area (Å²) in [6.45, 7) is 4.22. The highest BCUT2D eigenvalue weighted by atomic mass is 16.6. The van der Waals surface area contributed by atoms with Crippen LogP contribution in [0, 0.1) is 29.9 Å². The van der Waals surface area contributed by atoms with E-state index in [-0.39, 0.29) is 30.3 Å². The van der Waals surface area contributed by atoms with E-state index in [1.54, 1.807) is 4.90 Å². The first-order valence-electron chi connectivity index (χ1n) is 8.19. The maximum atomic E-state index is 12.3. The Bertz CT molecular complexity index is 876. The molecular weight excluding hydrogens is 336 g/mol. The number of nitrogens with zero attached hydrogens (tertiary/aromatic N) is 2. The van der Waals surface area contributed by atoms with Gasteiger partial charge in [0, 0.05) is 30.8 Å². The van der Waals surface area contributed by atoms with Gasteiger partial charge in [-0.15, -0.1) is 0 Å². The van der Waals surface area contributed by atoms with Crippen molar-refractivity contribution in [3.05, 3.63) is 63.7 Å². The Morgan fingerprint density at radius 3 is 2.46 bits per heavy atom. The van der Waals surface area contributed by atoms with Crippen molar-refractivity contribution >= 4 is 23.3 Å². The van der Waals surface area contributed by atoms with E-state index in [1.807, 2.05) is 32.0 Å². The number of benzene rings is 2. The van der Waals surface area contributed by atoms with E-state index < -0.39 is 16.8 Å². The van der Waals surface area contributed by atoms with E-state index in [4.69, 9.17) is 4.74 Å². The fourth-order valence-electron chi connectivity index (χ4n) is 2.84. The molecule has 134 valence electrons. The molecule has 0 radical (unpaired) electrons. The number of esters is 1. The Morgan fingerprint density at radius 1 is 1.15 bits per heavy atom. The SMILES string of the molecule is Cc1ccc(N2C[C@@H](C(=O)Oc3ccc([N+](=O)[O-])cc3)CC2=O)cc1C. The molecule has 1 fully saturated rings. The molecular formula is C19H18N2O5. The maximum absolute atomic E-state index is 12.3. The third-order valence-electron chi connectivity index (χ3n) is 4.53. The second kappa shape index (κ2) is 6.95. The van der Waals surface area contributed by atoms with Crippen molar-refractivity contribution in [1.29, 1.82) is 0 Å². The van der Waals surface area contributed by atoms with Crippen LogP contribution in [0.25, 0.3) is 0 Å². The zero-order valence-corrected chi connectivity index (χ0v) is 14.5. The van der Waals surface area contributed by atoms with Gasteiger partial charge in [-0.2, -0.15) is 0 Å². The van der Waals surface area contributed by atoms with Crippen LogP contribution in [0.4, 0.5) is 11.4 Å². The number of carbonyl (C=O) groups is 2. The van der Waals surface area contributed by atoms with Gasteiger partial charge in [0.15, 0.2) is 0 Å². The molecule has 2 aromatic carbocycles. The predicted octanol–water partition coefficient (Wildman–Crippen LogP) is 3.17. The lowest BCUT2D eigenvalue weighted by Crippen LogP contribution is -2.27. The molecule has 0 saturated carbocycles. The third kappa shape index (κ3) is 3.56. The van der Waals surface area contributed by atoms with E-state index in [2.05, 4.69) is 0 Å². The summed E-state index contributed by atoms with van der Waals surface area (Å²) >= 11 is 0. The summed E-state index contributed by atoms with van der Waals surface area (Å²) in [5.74, 6) is -0.991. The molecule has 0 spiro atoms. The van der Waals surface area contributed by atoms with E-state index in [1.165, 1.54) is 24.3 Å². The van der Waals surface area contributed by atoms with E-state index in [0.29, 0.717) is 0 Å². The lowest BCUT2D eigenvalue weighted by molar-refractivity contribution is -0.384. The minimum absolute atomic E-state index is 0.0817. The molecule has 3 rings (SSSR count).